The number of carbonyl (C=O) groups excluding carboxylic acids is 1. The molecule has 6 nitrogen and oxygen atoms in total. The maximum Gasteiger partial charge on any atom is 0.268 e. The Morgan fingerprint density at radius 1 is 1.36 bits per heavy atom. The number of hydrogen-bond acceptors (Lipinski definition) is 5. The van der Waals surface area contributed by atoms with Gasteiger partial charge >= 0.3 is 0 Å². The minimum absolute atomic E-state index is 0.129. The maximum atomic E-state index is 12.9. The van der Waals surface area contributed by atoms with Gasteiger partial charge in [0.15, 0.2) is 0 Å². The summed E-state index contributed by atoms with van der Waals surface area (Å²) in [5, 5.41) is 3.32. The minimum atomic E-state index is -2.79. The van der Waals surface area contributed by atoms with Crippen LogP contribution in [0.25, 0.3) is 0 Å². The predicted molar refractivity (Wildman–Crippen MR) is 102 cm³/mol. The fourth-order valence-corrected chi connectivity index (χ4v) is 4.01. The second-order valence-corrected chi connectivity index (χ2v) is 8.76. The normalized spacial score (nSPS) is 24.4. The molecule has 28 heavy (non-hydrogen) atoms. The molecule has 0 bridgehead atoms. The molecule has 1 aromatic rings. The molecule has 156 valence electrons. The van der Waals surface area contributed by atoms with Gasteiger partial charge in [-0.25, -0.2) is 18.7 Å². The molecule has 2 aliphatic rings. The minimum Gasteiger partial charge on any atom is -0.372 e. The van der Waals surface area contributed by atoms with E-state index in [1.165, 1.54) is 12.6 Å². The molecule has 0 saturated heterocycles. The number of ether oxygens (including phenoxy) is 1. The molecule has 2 aliphatic carbocycles. The van der Waals surface area contributed by atoms with Crippen molar-refractivity contribution in [1.82, 2.24) is 9.97 Å². The first kappa shape index (κ1) is 20.9. The largest absolute Gasteiger partial charge is 0.372 e. The first-order valence-electron chi connectivity index (χ1n) is 10.1. The Bertz CT molecular complexity index is 696. The first-order valence-corrected chi connectivity index (χ1v) is 10.1. The van der Waals surface area contributed by atoms with Gasteiger partial charge in [0.25, 0.3) is 11.8 Å². The van der Waals surface area contributed by atoms with Crippen molar-refractivity contribution in [2.75, 3.05) is 11.9 Å². The van der Waals surface area contributed by atoms with E-state index >= 15 is 0 Å². The lowest BCUT2D eigenvalue weighted by molar-refractivity contribution is -0.0943. The molecule has 2 fully saturated rings. The number of aromatic nitrogens is 2. The number of hydrogen-bond donors (Lipinski definition) is 2. The highest BCUT2D eigenvalue weighted by molar-refractivity contribution is 5.93. The summed E-state index contributed by atoms with van der Waals surface area (Å²) < 4.78 is 31.2. The van der Waals surface area contributed by atoms with Gasteiger partial charge < -0.3 is 15.8 Å². The highest BCUT2D eigenvalue weighted by atomic mass is 19.3. The summed E-state index contributed by atoms with van der Waals surface area (Å²) >= 11 is 0. The van der Waals surface area contributed by atoms with E-state index in [0.29, 0.717) is 23.6 Å². The number of nitrogens with two attached hydrogens (primary N) is 1. The van der Waals surface area contributed by atoms with E-state index < -0.39 is 18.4 Å². The van der Waals surface area contributed by atoms with E-state index in [9.17, 15) is 13.6 Å². The average Bonchev–Trinajstić information content (AvgIpc) is 2.59. The molecule has 1 heterocycles. The van der Waals surface area contributed by atoms with Gasteiger partial charge in [-0.1, -0.05) is 13.3 Å². The zero-order chi connectivity index (χ0) is 20.4. The molecule has 0 spiro atoms. The molecule has 3 N–H and O–H groups in total. The lowest BCUT2D eigenvalue weighted by Crippen LogP contribution is -2.33. The third-order valence-electron chi connectivity index (χ3n) is 5.87. The average molecular weight is 396 g/mol. The number of carbonyl (C=O) groups is 1. The lowest BCUT2D eigenvalue weighted by Gasteiger charge is -2.38. The summed E-state index contributed by atoms with van der Waals surface area (Å²) in [6, 6.07) is 0.161. The molecule has 0 aliphatic heterocycles. The molecule has 8 heteroatoms. The molecule has 1 amide bonds. The summed E-state index contributed by atoms with van der Waals surface area (Å²) in [6.07, 6.45) is 8.58. The maximum absolute atomic E-state index is 12.9. The summed E-state index contributed by atoms with van der Waals surface area (Å²) in [6.45, 7) is 2.54. The highest BCUT2D eigenvalue weighted by Crippen LogP contribution is 2.43. The Labute approximate surface area is 164 Å². The molecule has 1 aromatic heterocycles. The quantitative estimate of drug-likeness (QED) is 0.699. The molecule has 0 unspecified atom stereocenters. The van der Waals surface area contributed by atoms with Crippen LogP contribution in [0.3, 0.4) is 0 Å². The van der Waals surface area contributed by atoms with Crippen LogP contribution in [-0.2, 0) is 11.2 Å². The van der Waals surface area contributed by atoms with Gasteiger partial charge in [-0.2, -0.15) is 0 Å². The first-order chi connectivity index (χ1) is 13.1. The topological polar surface area (TPSA) is 90.1 Å². The number of anilines is 1. The molecule has 0 atom stereocenters. The van der Waals surface area contributed by atoms with Crippen LogP contribution in [-0.4, -0.2) is 40.6 Å². The van der Waals surface area contributed by atoms with Crippen molar-refractivity contribution in [2.45, 2.75) is 83.3 Å². The molecule has 0 radical (unpaired) electrons. The third-order valence-corrected chi connectivity index (χ3v) is 5.87. The van der Waals surface area contributed by atoms with E-state index in [1.807, 2.05) is 0 Å². The van der Waals surface area contributed by atoms with Gasteiger partial charge in [0.1, 0.15) is 6.61 Å². The fraction of sp³-hybridized carbons (Fsp3) is 0.750. The molecule has 0 aromatic carbocycles. The zero-order valence-corrected chi connectivity index (χ0v) is 16.6. The standard InChI is InChI=1S/C20H30F2N4O2/c1-19(8-3-9-19)10-16-15(17(23)27)11-24-18(26-16)25-13-4-6-14(7-5-13)28-12-20(2,21)22/h11,13-14H,3-10,12H2,1-2H3,(H2,23,27)(H,24,25,26). The van der Waals surface area contributed by atoms with Crippen molar-refractivity contribution in [3.63, 3.8) is 0 Å². The summed E-state index contributed by atoms with van der Waals surface area (Å²) in [5.74, 6) is -2.80. The highest BCUT2D eigenvalue weighted by Gasteiger charge is 2.34. The number of primary amides is 1. The molecule has 2 saturated carbocycles. The summed E-state index contributed by atoms with van der Waals surface area (Å²) in [7, 11) is 0. The Kier molecular flexibility index (Phi) is 6.17. The van der Waals surface area contributed by atoms with Crippen LogP contribution >= 0.6 is 0 Å². The van der Waals surface area contributed by atoms with Crippen LogP contribution in [0, 0.1) is 5.41 Å². The Balaban J connectivity index is 1.58. The van der Waals surface area contributed by atoms with Gasteiger partial charge in [-0.3, -0.25) is 4.79 Å². The molecular weight excluding hydrogens is 366 g/mol. The van der Waals surface area contributed by atoms with Crippen molar-refractivity contribution in [3.8, 4) is 0 Å². The van der Waals surface area contributed by atoms with E-state index in [4.69, 9.17) is 10.5 Å². The smallest absolute Gasteiger partial charge is 0.268 e. The number of rotatable bonds is 8. The van der Waals surface area contributed by atoms with Crippen molar-refractivity contribution >= 4 is 11.9 Å². The van der Waals surface area contributed by atoms with E-state index in [2.05, 4.69) is 22.2 Å². The second-order valence-electron chi connectivity index (χ2n) is 8.76. The number of nitrogens with zero attached hydrogens (tertiary/aromatic N) is 2. The molecule has 3 rings (SSSR count). The Morgan fingerprint density at radius 3 is 2.57 bits per heavy atom. The monoisotopic (exact) mass is 396 g/mol. The Hall–Kier alpha value is -1.83. The van der Waals surface area contributed by atoms with Crippen molar-refractivity contribution in [3.05, 3.63) is 17.5 Å². The van der Waals surface area contributed by atoms with Gasteiger partial charge in [0.2, 0.25) is 5.95 Å². The van der Waals surface area contributed by atoms with Gasteiger partial charge in [-0.15, -0.1) is 0 Å². The van der Waals surface area contributed by atoms with Crippen molar-refractivity contribution < 1.29 is 18.3 Å². The van der Waals surface area contributed by atoms with Crippen LogP contribution < -0.4 is 11.1 Å². The molecular formula is C20H30F2N4O2. The Morgan fingerprint density at radius 2 is 2.04 bits per heavy atom. The van der Waals surface area contributed by atoms with Gasteiger partial charge in [-0.05, 0) is 50.4 Å². The van der Waals surface area contributed by atoms with Gasteiger partial charge in [0.05, 0.1) is 17.4 Å². The van der Waals surface area contributed by atoms with Gasteiger partial charge in [0, 0.05) is 19.2 Å². The van der Waals surface area contributed by atoms with Crippen molar-refractivity contribution in [1.29, 1.82) is 0 Å². The van der Waals surface area contributed by atoms with Crippen LogP contribution in [0.4, 0.5) is 14.7 Å². The SMILES string of the molecule is CC(F)(F)COC1CCC(Nc2ncc(C(N)=O)c(CC3(C)CCC3)n2)CC1. The third kappa shape index (κ3) is 5.59. The number of alkyl halides is 2. The van der Waals surface area contributed by atoms with E-state index in [1.54, 1.807) is 0 Å². The van der Waals surface area contributed by atoms with Crippen LogP contribution in [0.15, 0.2) is 6.20 Å². The second kappa shape index (κ2) is 8.27. The predicted octanol–water partition coefficient (Wildman–Crippen LogP) is 3.70. The lowest BCUT2D eigenvalue weighted by atomic mass is 9.67. The fourth-order valence-electron chi connectivity index (χ4n) is 4.01. The summed E-state index contributed by atoms with van der Waals surface area (Å²) in [4.78, 5) is 20.6. The number of nitrogens with one attached hydrogen (secondary N) is 1. The van der Waals surface area contributed by atoms with E-state index in [0.717, 1.165) is 45.4 Å². The summed E-state index contributed by atoms with van der Waals surface area (Å²) in [5.41, 5.74) is 6.76. The van der Waals surface area contributed by atoms with E-state index in [-0.39, 0.29) is 17.6 Å². The number of halogens is 2. The van der Waals surface area contributed by atoms with Crippen molar-refractivity contribution in [2.24, 2.45) is 11.1 Å². The van der Waals surface area contributed by atoms with Crippen LogP contribution in [0.5, 0.6) is 0 Å². The number of amides is 1. The van der Waals surface area contributed by atoms with Crippen LogP contribution in [0.2, 0.25) is 0 Å². The zero-order valence-electron chi connectivity index (χ0n) is 16.6. The van der Waals surface area contributed by atoms with Crippen LogP contribution in [0.1, 0.15) is 74.8 Å².